The molecule has 0 saturated carbocycles. The Kier molecular flexibility index (Phi) is 6.58. The van der Waals surface area contributed by atoms with Gasteiger partial charge < -0.3 is 9.13 Å². The van der Waals surface area contributed by atoms with Crippen LogP contribution in [0.25, 0.3) is 98.6 Å². The maximum absolute atomic E-state index is 10.3. The predicted octanol–water partition coefficient (Wildman–Crippen LogP) is 12.5. The van der Waals surface area contributed by atoms with Crippen LogP contribution in [0.1, 0.15) is 5.56 Å². The number of benzene rings is 7. The van der Waals surface area contributed by atoms with Gasteiger partial charge in [-0.3, -0.25) is 4.57 Å². The molecule has 0 amide bonds. The SMILES string of the molecule is [C-]#[N+]c1ccc2c(c1)c1ccccc1n2-c1cc(C#N)cc(-c2cccc(-n3c4ncccc4c4ccc5c(c6ccccc6n5-c5ccccc5)c43)c2)c1. The fraction of sp³-hybridized carbons (Fsp3) is 0. The van der Waals surface area contributed by atoms with Gasteiger partial charge in [0.25, 0.3) is 0 Å². The van der Waals surface area contributed by atoms with Crippen molar-refractivity contribution in [3.63, 3.8) is 0 Å². The number of hydrogen-bond donors (Lipinski definition) is 0. The lowest BCUT2D eigenvalue weighted by Crippen LogP contribution is -1.98. The molecule has 0 spiro atoms. The molecule has 4 aromatic heterocycles. The van der Waals surface area contributed by atoms with Crippen LogP contribution in [0, 0.1) is 17.9 Å². The fourth-order valence-electron chi connectivity index (χ4n) is 8.59. The summed E-state index contributed by atoms with van der Waals surface area (Å²) in [5.74, 6) is 0. The third-order valence-corrected chi connectivity index (χ3v) is 10.9. The van der Waals surface area contributed by atoms with Crippen molar-refractivity contribution in [3.8, 4) is 34.3 Å². The largest absolute Gasteiger partial charge is 0.309 e. The molecule has 4 heterocycles. The maximum atomic E-state index is 10.3. The molecule has 11 rings (SSSR count). The van der Waals surface area contributed by atoms with E-state index in [1.807, 2.05) is 54.7 Å². The first-order valence-corrected chi connectivity index (χ1v) is 18.1. The van der Waals surface area contributed by atoms with E-state index in [4.69, 9.17) is 11.6 Å². The van der Waals surface area contributed by atoms with E-state index in [-0.39, 0.29) is 0 Å². The highest BCUT2D eigenvalue weighted by Crippen LogP contribution is 2.42. The zero-order valence-electron chi connectivity index (χ0n) is 29.3. The van der Waals surface area contributed by atoms with Crippen molar-refractivity contribution in [2.45, 2.75) is 0 Å². The molecule has 0 saturated heterocycles. The minimum Gasteiger partial charge on any atom is -0.309 e. The molecule has 0 aliphatic rings. The number of fused-ring (bicyclic) bond motifs is 10. The molecule has 254 valence electrons. The Labute approximate surface area is 315 Å². The Hall–Kier alpha value is -7.93. The van der Waals surface area contributed by atoms with Gasteiger partial charge in [-0.1, -0.05) is 78.9 Å². The van der Waals surface area contributed by atoms with E-state index in [0.717, 1.165) is 83.0 Å². The van der Waals surface area contributed by atoms with Crippen LogP contribution >= 0.6 is 0 Å². The molecule has 11 aromatic rings. The summed E-state index contributed by atoms with van der Waals surface area (Å²) in [6.07, 6.45) is 1.86. The molecule has 0 aliphatic carbocycles. The topological polar surface area (TPSA) is 55.8 Å². The van der Waals surface area contributed by atoms with Crippen LogP contribution < -0.4 is 0 Å². The molecule has 0 fully saturated rings. The third kappa shape index (κ3) is 4.50. The van der Waals surface area contributed by atoms with E-state index in [1.165, 1.54) is 10.8 Å². The molecule has 0 N–H and O–H groups in total. The molecule has 6 nitrogen and oxygen atoms in total. The van der Waals surface area contributed by atoms with Crippen molar-refractivity contribution in [2.75, 3.05) is 0 Å². The van der Waals surface area contributed by atoms with E-state index >= 15 is 0 Å². The third-order valence-electron chi connectivity index (χ3n) is 10.9. The number of para-hydroxylation sites is 3. The van der Waals surface area contributed by atoms with Crippen molar-refractivity contribution in [1.82, 2.24) is 18.7 Å². The van der Waals surface area contributed by atoms with Gasteiger partial charge in [0, 0.05) is 50.2 Å². The number of hydrogen-bond acceptors (Lipinski definition) is 2. The minimum absolute atomic E-state index is 0.565. The Morgan fingerprint density at radius 3 is 2.02 bits per heavy atom. The Morgan fingerprint density at radius 2 is 1.18 bits per heavy atom. The Bertz CT molecular complexity index is 3460. The standard InChI is InChI=1S/C49H28N6/c1-51-34-20-22-45-42(29-34)38-15-5-7-18-43(38)54(45)37-26-31(30-50)25-33(28-37)32-11-9-14-36(27-32)55-48-39(40-17-10-24-52-49(40)55)21-23-46-47(48)41-16-6-8-19-44(41)53(46)35-12-3-2-4-13-35/h2-29H. The lowest BCUT2D eigenvalue weighted by atomic mass is 10.0. The number of pyridine rings is 1. The van der Waals surface area contributed by atoms with Crippen LogP contribution in [0.5, 0.6) is 0 Å². The molecular formula is C49H28N6. The zero-order chi connectivity index (χ0) is 36.6. The summed E-state index contributed by atoms with van der Waals surface area (Å²) < 4.78 is 6.85. The monoisotopic (exact) mass is 700 g/mol. The Morgan fingerprint density at radius 1 is 0.491 bits per heavy atom. The second kappa shape index (κ2) is 11.8. The van der Waals surface area contributed by atoms with Crippen molar-refractivity contribution in [2.24, 2.45) is 0 Å². The summed E-state index contributed by atoms with van der Waals surface area (Å²) in [4.78, 5) is 8.68. The lowest BCUT2D eigenvalue weighted by molar-refractivity contribution is 1.14. The molecule has 0 aliphatic heterocycles. The number of rotatable bonds is 4. The van der Waals surface area contributed by atoms with E-state index < -0.39 is 0 Å². The molecule has 0 bridgehead atoms. The van der Waals surface area contributed by atoms with Gasteiger partial charge in [-0.2, -0.15) is 5.26 Å². The van der Waals surface area contributed by atoms with Gasteiger partial charge in [-0.25, -0.2) is 9.83 Å². The number of nitriles is 1. The van der Waals surface area contributed by atoms with Crippen LogP contribution in [0.4, 0.5) is 5.69 Å². The zero-order valence-corrected chi connectivity index (χ0v) is 29.3. The summed E-state index contributed by atoms with van der Waals surface area (Å²) >= 11 is 0. The van der Waals surface area contributed by atoms with Gasteiger partial charge in [0.1, 0.15) is 5.65 Å². The molecule has 0 unspecified atom stereocenters. The van der Waals surface area contributed by atoms with E-state index in [0.29, 0.717) is 11.3 Å². The van der Waals surface area contributed by atoms with Gasteiger partial charge in [0.05, 0.1) is 45.8 Å². The minimum atomic E-state index is 0.565. The summed E-state index contributed by atoms with van der Waals surface area (Å²) in [5, 5.41) is 17.0. The first-order chi connectivity index (χ1) is 27.2. The lowest BCUT2D eigenvalue weighted by Gasteiger charge is -2.13. The molecule has 0 radical (unpaired) electrons. The highest BCUT2D eigenvalue weighted by Gasteiger charge is 2.22. The van der Waals surface area contributed by atoms with E-state index in [1.54, 1.807) is 0 Å². The molecule has 0 atom stereocenters. The molecular weight excluding hydrogens is 673 g/mol. The highest BCUT2D eigenvalue weighted by atomic mass is 15.1. The Balaban J connectivity index is 1.17. The number of nitrogens with zero attached hydrogens (tertiary/aromatic N) is 6. The van der Waals surface area contributed by atoms with E-state index in [2.05, 4.69) is 140 Å². The molecule has 6 heteroatoms. The maximum Gasteiger partial charge on any atom is 0.188 e. The van der Waals surface area contributed by atoms with Gasteiger partial charge >= 0.3 is 0 Å². The van der Waals surface area contributed by atoms with Crippen molar-refractivity contribution in [1.29, 1.82) is 5.26 Å². The van der Waals surface area contributed by atoms with Crippen LogP contribution in [0.3, 0.4) is 0 Å². The summed E-state index contributed by atoms with van der Waals surface area (Å²) in [6.45, 7) is 7.62. The fourth-order valence-corrected chi connectivity index (χ4v) is 8.59. The summed E-state index contributed by atoms with van der Waals surface area (Å²) in [5.41, 5.74) is 12.3. The van der Waals surface area contributed by atoms with Crippen LogP contribution in [-0.2, 0) is 0 Å². The number of aromatic nitrogens is 4. The van der Waals surface area contributed by atoms with E-state index in [9.17, 15) is 5.26 Å². The van der Waals surface area contributed by atoms with Crippen molar-refractivity contribution >= 4 is 71.2 Å². The first kappa shape index (κ1) is 30.7. The smallest absolute Gasteiger partial charge is 0.188 e. The van der Waals surface area contributed by atoms with Crippen LogP contribution in [-0.4, -0.2) is 18.7 Å². The quantitative estimate of drug-likeness (QED) is 0.172. The summed E-state index contributed by atoms with van der Waals surface area (Å²) in [7, 11) is 0. The second-order valence-electron chi connectivity index (χ2n) is 13.9. The normalized spacial score (nSPS) is 11.6. The van der Waals surface area contributed by atoms with Gasteiger partial charge in [0.2, 0.25) is 0 Å². The van der Waals surface area contributed by atoms with Crippen LogP contribution in [0.2, 0.25) is 0 Å². The van der Waals surface area contributed by atoms with Crippen molar-refractivity contribution < 1.29 is 0 Å². The summed E-state index contributed by atoms with van der Waals surface area (Å²) in [6, 6.07) is 58.9. The van der Waals surface area contributed by atoms with Crippen molar-refractivity contribution in [3.05, 3.63) is 187 Å². The second-order valence-corrected chi connectivity index (χ2v) is 13.9. The highest BCUT2D eigenvalue weighted by molar-refractivity contribution is 6.25. The molecule has 7 aromatic carbocycles. The van der Waals surface area contributed by atoms with Gasteiger partial charge in [0.15, 0.2) is 5.69 Å². The predicted molar refractivity (Wildman–Crippen MR) is 224 cm³/mol. The van der Waals surface area contributed by atoms with Gasteiger partial charge in [-0.05, 0) is 101 Å². The average Bonchev–Trinajstić information content (AvgIpc) is 3.89. The average molecular weight is 701 g/mol. The molecule has 55 heavy (non-hydrogen) atoms. The van der Waals surface area contributed by atoms with Gasteiger partial charge in [-0.15, -0.1) is 0 Å². The van der Waals surface area contributed by atoms with Crippen LogP contribution in [0.15, 0.2) is 170 Å². The first-order valence-electron chi connectivity index (χ1n) is 18.1.